The summed E-state index contributed by atoms with van der Waals surface area (Å²) in [4.78, 5) is 12.5. The number of halogens is 1. The predicted octanol–water partition coefficient (Wildman–Crippen LogP) is 6.74. The molecular weight excluding hydrogens is 540 g/mol. The monoisotopic (exact) mass is 566 g/mol. The Morgan fingerprint density at radius 2 is 1.78 bits per heavy atom. The van der Waals surface area contributed by atoms with Crippen LogP contribution in [0, 0.1) is 25.2 Å². The third kappa shape index (κ3) is 6.13. The lowest BCUT2D eigenvalue weighted by Crippen LogP contribution is -2.22. The summed E-state index contributed by atoms with van der Waals surface area (Å²) in [6.07, 6.45) is 0. The lowest BCUT2D eigenvalue weighted by atomic mass is 9.83. The number of ether oxygens (including phenoxy) is 4. The van der Waals surface area contributed by atoms with Crippen LogP contribution in [0.4, 0.5) is 0 Å². The van der Waals surface area contributed by atoms with Crippen LogP contribution < -0.4 is 24.7 Å². The minimum Gasteiger partial charge on any atom is -0.489 e. The van der Waals surface area contributed by atoms with Crippen molar-refractivity contribution in [2.45, 2.75) is 26.4 Å². The zero-order chi connectivity index (χ0) is 28.9. The summed E-state index contributed by atoms with van der Waals surface area (Å²) in [6.45, 7) is 3.94. The summed E-state index contributed by atoms with van der Waals surface area (Å²) in [5, 5.41) is 10.6. The van der Waals surface area contributed by atoms with Gasteiger partial charge in [-0.15, -0.1) is 0 Å². The molecule has 0 amide bonds. The number of benzene rings is 4. The molecule has 1 unspecified atom stereocenters. The van der Waals surface area contributed by atoms with Crippen LogP contribution in [0.1, 0.15) is 33.7 Å². The second-order valence-corrected chi connectivity index (χ2v) is 9.95. The van der Waals surface area contributed by atoms with Gasteiger partial charge in [0.1, 0.15) is 41.2 Å². The Labute approximate surface area is 243 Å². The molecular formula is C33H27ClN2O5. The first kappa shape index (κ1) is 27.6. The zero-order valence-electron chi connectivity index (χ0n) is 22.5. The number of carbonyl (C=O) groups excluding carboxylic acids is 1. The molecule has 0 aromatic heterocycles. The highest BCUT2D eigenvalue weighted by Crippen LogP contribution is 2.44. The minimum absolute atomic E-state index is 0.0193. The summed E-state index contributed by atoms with van der Waals surface area (Å²) >= 11 is 6.27. The summed E-state index contributed by atoms with van der Waals surface area (Å²) in [5.74, 6) is 0.790. The molecule has 0 saturated heterocycles. The molecule has 0 radical (unpaired) electrons. The van der Waals surface area contributed by atoms with E-state index in [1.54, 1.807) is 24.3 Å². The van der Waals surface area contributed by atoms with E-state index in [1.807, 2.05) is 74.5 Å². The van der Waals surface area contributed by atoms with Crippen molar-refractivity contribution in [3.05, 3.63) is 129 Å². The van der Waals surface area contributed by atoms with Crippen LogP contribution in [0.25, 0.3) is 0 Å². The van der Waals surface area contributed by atoms with Gasteiger partial charge in [-0.25, -0.2) is 4.79 Å². The van der Waals surface area contributed by atoms with Gasteiger partial charge >= 0.3 is 5.97 Å². The number of fused-ring (bicyclic) bond motifs is 1. The smallest absolute Gasteiger partial charge is 0.349 e. The number of nitrogens with zero attached hydrogens (tertiary/aromatic N) is 1. The molecule has 0 bridgehead atoms. The first-order valence-corrected chi connectivity index (χ1v) is 13.3. The normalized spacial score (nSPS) is 14.0. The molecule has 1 atom stereocenters. The van der Waals surface area contributed by atoms with Gasteiger partial charge < -0.3 is 24.7 Å². The third-order valence-corrected chi connectivity index (χ3v) is 7.24. The third-order valence-electron chi connectivity index (χ3n) is 6.87. The fourth-order valence-corrected chi connectivity index (χ4v) is 4.77. The molecule has 8 heteroatoms. The van der Waals surface area contributed by atoms with Gasteiger partial charge in [0.2, 0.25) is 5.88 Å². The summed E-state index contributed by atoms with van der Waals surface area (Å²) in [6, 6.07) is 27.7. The van der Waals surface area contributed by atoms with Crippen LogP contribution in [-0.4, -0.2) is 12.6 Å². The van der Waals surface area contributed by atoms with Gasteiger partial charge in [0.05, 0.1) is 5.92 Å². The highest BCUT2D eigenvalue weighted by Gasteiger charge is 2.31. The molecule has 206 valence electrons. The van der Waals surface area contributed by atoms with Gasteiger partial charge in [0, 0.05) is 22.2 Å². The molecule has 2 N–H and O–H groups in total. The standard InChI is InChI=1S/C33H27ClN2O5/c1-20-7-5-12-29(21(20)2)39-19-31(37)40-25-13-14-26-30(16-25)41-33(36)27(17-35)32(26)22-9-6-10-24(15-22)38-18-23-8-3-4-11-28(23)34/h3-16,32H,18-19,36H2,1-2H3. The van der Waals surface area contributed by atoms with Crippen molar-refractivity contribution in [3.63, 3.8) is 0 Å². The van der Waals surface area contributed by atoms with E-state index in [0.717, 1.165) is 22.3 Å². The number of hydrogen-bond donors (Lipinski definition) is 1. The zero-order valence-corrected chi connectivity index (χ0v) is 23.3. The van der Waals surface area contributed by atoms with Crippen molar-refractivity contribution < 1.29 is 23.7 Å². The van der Waals surface area contributed by atoms with Crippen molar-refractivity contribution in [1.82, 2.24) is 0 Å². The van der Waals surface area contributed by atoms with E-state index in [2.05, 4.69) is 6.07 Å². The fraction of sp³-hybridized carbons (Fsp3) is 0.152. The van der Waals surface area contributed by atoms with Crippen molar-refractivity contribution in [1.29, 1.82) is 5.26 Å². The first-order valence-electron chi connectivity index (χ1n) is 12.9. The maximum absolute atomic E-state index is 12.5. The largest absolute Gasteiger partial charge is 0.489 e. The molecule has 4 aromatic rings. The highest BCUT2D eigenvalue weighted by atomic mass is 35.5. The van der Waals surface area contributed by atoms with Gasteiger partial charge in [-0.05, 0) is 60.9 Å². The van der Waals surface area contributed by atoms with Gasteiger partial charge in [-0.2, -0.15) is 5.26 Å². The first-order chi connectivity index (χ1) is 19.8. The molecule has 0 fully saturated rings. The number of nitriles is 1. The quantitative estimate of drug-likeness (QED) is 0.186. The predicted molar refractivity (Wildman–Crippen MR) is 155 cm³/mol. The highest BCUT2D eigenvalue weighted by molar-refractivity contribution is 6.31. The second kappa shape index (κ2) is 12.1. The van der Waals surface area contributed by atoms with E-state index in [4.69, 9.17) is 36.3 Å². The van der Waals surface area contributed by atoms with Crippen molar-refractivity contribution in [3.8, 4) is 29.1 Å². The summed E-state index contributed by atoms with van der Waals surface area (Å²) < 4.78 is 23.0. The van der Waals surface area contributed by atoms with Gasteiger partial charge in [0.15, 0.2) is 6.61 Å². The Balaban J connectivity index is 1.34. The minimum atomic E-state index is -0.567. The number of esters is 1. The van der Waals surface area contributed by atoms with Crippen molar-refractivity contribution in [2.75, 3.05) is 6.61 Å². The SMILES string of the molecule is Cc1cccc(OCC(=O)Oc2ccc3c(c2)OC(N)=C(C#N)C3c2cccc(OCc3ccccc3Cl)c2)c1C. The Hall–Kier alpha value is -4.93. The number of hydrogen-bond acceptors (Lipinski definition) is 7. The Morgan fingerprint density at radius 3 is 2.59 bits per heavy atom. The van der Waals surface area contributed by atoms with E-state index >= 15 is 0 Å². The fourth-order valence-electron chi connectivity index (χ4n) is 4.58. The molecule has 0 aliphatic carbocycles. The van der Waals surface area contributed by atoms with Crippen LogP contribution in [0.15, 0.2) is 96.4 Å². The number of carbonyl (C=O) groups is 1. The van der Waals surface area contributed by atoms with Crippen LogP contribution in [-0.2, 0) is 11.4 Å². The average molecular weight is 567 g/mol. The van der Waals surface area contributed by atoms with E-state index in [0.29, 0.717) is 34.4 Å². The Kier molecular flexibility index (Phi) is 8.14. The number of aryl methyl sites for hydroxylation is 1. The Bertz CT molecular complexity index is 1690. The Morgan fingerprint density at radius 1 is 0.976 bits per heavy atom. The topological polar surface area (TPSA) is 104 Å². The molecule has 41 heavy (non-hydrogen) atoms. The van der Waals surface area contributed by atoms with E-state index in [9.17, 15) is 10.1 Å². The molecule has 5 rings (SSSR count). The van der Waals surface area contributed by atoms with Gasteiger partial charge in [-0.3, -0.25) is 0 Å². The molecule has 0 spiro atoms. The molecule has 1 aliphatic heterocycles. The lowest BCUT2D eigenvalue weighted by Gasteiger charge is -2.27. The van der Waals surface area contributed by atoms with Crippen LogP contribution in [0.2, 0.25) is 5.02 Å². The summed E-state index contributed by atoms with van der Waals surface area (Å²) in [7, 11) is 0. The van der Waals surface area contributed by atoms with Gasteiger partial charge in [0.25, 0.3) is 0 Å². The maximum atomic E-state index is 12.5. The average Bonchev–Trinajstić information content (AvgIpc) is 2.97. The number of rotatable bonds is 8. The summed E-state index contributed by atoms with van der Waals surface area (Å²) in [5.41, 5.74) is 10.8. The van der Waals surface area contributed by atoms with Crippen molar-refractivity contribution >= 4 is 17.6 Å². The lowest BCUT2D eigenvalue weighted by molar-refractivity contribution is -0.136. The number of nitrogens with two attached hydrogens (primary N) is 1. The number of allylic oxidation sites excluding steroid dienone is 1. The van der Waals surface area contributed by atoms with E-state index in [-0.39, 0.29) is 23.8 Å². The molecule has 0 saturated carbocycles. The van der Waals surface area contributed by atoms with E-state index in [1.165, 1.54) is 0 Å². The second-order valence-electron chi connectivity index (χ2n) is 9.54. The van der Waals surface area contributed by atoms with E-state index < -0.39 is 11.9 Å². The molecule has 1 aliphatic rings. The molecule has 4 aromatic carbocycles. The molecule has 1 heterocycles. The van der Waals surface area contributed by atoms with Crippen LogP contribution >= 0.6 is 11.6 Å². The van der Waals surface area contributed by atoms with Crippen LogP contribution in [0.3, 0.4) is 0 Å². The molecule has 7 nitrogen and oxygen atoms in total. The van der Waals surface area contributed by atoms with Crippen LogP contribution in [0.5, 0.6) is 23.0 Å². The van der Waals surface area contributed by atoms with Crippen molar-refractivity contribution in [2.24, 2.45) is 5.73 Å². The van der Waals surface area contributed by atoms with Gasteiger partial charge in [-0.1, -0.05) is 60.1 Å². The maximum Gasteiger partial charge on any atom is 0.349 e.